The first kappa shape index (κ1) is 17.6. The highest BCUT2D eigenvalue weighted by Gasteiger charge is 2.24. The second kappa shape index (κ2) is 7.68. The van der Waals surface area contributed by atoms with E-state index in [0.29, 0.717) is 13.1 Å². The van der Waals surface area contributed by atoms with E-state index in [1.807, 2.05) is 28.0 Å². The minimum absolute atomic E-state index is 0. The summed E-state index contributed by atoms with van der Waals surface area (Å²) in [5, 5.41) is 3.37. The van der Waals surface area contributed by atoms with Crippen molar-refractivity contribution in [1.29, 1.82) is 0 Å². The molecule has 0 bridgehead atoms. The first-order chi connectivity index (χ1) is 10.7. The zero-order valence-electron chi connectivity index (χ0n) is 13.5. The van der Waals surface area contributed by atoms with Crippen LogP contribution < -0.4 is 5.32 Å². The first-order valence-electron chi connectivity index (χ1n) is 8.07. The van der Waals surface area contributed by atoms with Crippen molar-refractivity contribution in [2.45, 2.75) is 26.2 Å². The van der Waals surface area contributed by atoms with Crippen LogP contribution in [0.25, 0.3) is 0 Å². The lowest BCUT2D eigenvalue weighted by molar-refractivity contribution is -0.128. The first-order valence-corrected chi connectivity index (χ1v) is 8.07. The lowest BCUT2D eigenvalue weighted by Gasteiger charge is -2.25. The van der Waals surface area contributed by atoms with Crippen molar-refractivity contribution in [3.8, 4) is 0 Å². The van der Waals surface area contributed by atoms with Gasteiger partial charge >= 0.3 is 0 Å². The average Bonchev–Trinajstić information content (AvgIpc) is 2.80. The molecule has 1 aromatic rings. The number of halogens is 1. The third kappa shape index (κ3) is 3.78. The Morgan fingerprint density at radius 3 is 2.57 bits per heavy atom. The summed E-state index contributed by atoms with van der Waals surface area (Å²) < 4.78 is 0. The normalized spacial score (nSPS) is 17.4. The molecule has 0 unspecified atom stereocenters. The van der Waals surface area contributed by atoms with Crippen LogP contribution in [0.4, 0.5) is 5.69 Å². The van der Waals surface area contributed by atoms with Gasteiger partial charge in [0.25, 0.3) is 5.91 Å². The fraction of sp³-hybridized carbons (Fsp3) is 0.529. The third-order valence-electron chi connectivity index (χ3n) is 4.55. The Kier molecular flexibility index (Phi) is 5.88. The van der Waals surface area contributed by atoms with Crippen LogP contribution in [0.15, 0.2) is 18.2 Å². The fourth-order valence-corrected chi connectivity index (χ4v) is 3.32. The Labute approximate surface area is 143 Å². The molecule has 1 fully saturated rings. The van der Waals surface area contributed by atoms with E-state index in [4.69, 9.17) is 0 Å². The molecule has 126 valence electrons. The summed E-state index contributed by atoms with van der Waals surface area (Å²) in [5.74, 6) is 0.196. The van der Waals surface area contributed by atoms with Crippen LogP contribution in [0.1, 0.15) is 35.7 Å². The Bertz CT molecular complexity index is 591. The summed E-state index contributed by atoms with van der Waals surface area (Å²) in [6.07, 6.45) is 2.87. The summed E-state index contributed by atoms with van der Waals surface area (Å²) >= 11 is 0. The van der Waals surface area contributed by atoms with Gasteiger partial charge in [-0.1, -0.05) is 6.07 Å². The smallest absolute Gasteiger partial charge is 0.254 e. The van der Waals surface area contributed by atoms with E-state index in [9.17, 15) is 9.59 Å². The third-order valence-corrected chi connectivity index (χ3v) is 4.55. The van der Waals surface area contributed by atoms with Gasteiger partial charge in [-0.15, -0.1) is 12.4 Å². The number of nitrogens with zero attached hydrogens (tertiary/aromatic N) is 2. The van der Waals surface area contributed by atoms with E-state index in [2.05, 4.69) is 5.32 Å². The van der Waals surface area contributed by atoms with Crippen molar-refractivity contribution in [3.05, 3.63) is 29.3 Å². The maximum atomic E-state index is 12.9. The van der Waals surface area contributed by atoms with E-state index < -0.39 is 0 Å². The number of benzene rings is 1. The molecule has 1 N–H and O–H groups in total. The van der Waals surface area contributed by atoms with Crippen LogP contribution in [-0.2, 0) is 11.2 Å². The molecule has 2 aliphatic heterocycles. The largest absolute Gasteiger partial charge is 0.385 e. The molecule has 3 rings (SSSR count). The predicted molar refractivity (Wildman–Crippen MR) is 93.3 cm³/mol. The van der Waals surface area contributed by atoms with Crippen molar-refractivity contribution in [3.63, 3.8) is 0 Å². The minimum Gasteiger partial charge on any atom is -0.385 e. The summed E-state index contributed by atoms with van der Waals surface area (Å²) in [6, 6.07) is 5.93. The number of anilines is 1. The SMILES string of the molecule is CC(=O)N1CCCN(C(=O)c2cccc3c2CCCN3)CC1.Cl. The maximum absolute atomic E-state index is 12.9. The van der Waals surface area contributed by atoms with Gasteiger partial charge in [0.15, 0.2) is 0 Å². The summed E-state index contributed by atoms with van der Waals surface area (Å²) in [5.41, 5.74) is 3.06. The molecule has 6 heteroatoms. The predicted octanol–water partition coefficient (Wildman–Crippen LogP) is 2.16. The van der Waals surface area contributed by atoms with Gasteiger partial charge in [-0.25, -0.2) is 0 Å². The Morgan fingerprint density at radius 1 is 1.04 bits per heavy atom. The van der Waals surface area contributed by atoms with Crippen LogP contribution in [0.2, 0.25) is 0 Å². The van der Waals surface area contributed by atoms with Gasteiger partial charge in [0, 0.05) is 50.9 Å². The highest BCUT2D eigenvalue weighted by Crippen LogP contribution is 2.26. The van der Waals surface area contributed by atoms with E-state index in [1.165, 1.54) is 0 Å². The zero-order chi connectivity index (χ0) is 15.5. The van der Waals surface area contributed by atoms with Gasteiger partial charge < -0.3 is 15.1 Å². The molecule has 1 saturated heterocycles. The fourth-order valence-electron chi connectivity index (χ4n) is 3.32. The molecule has 0 aliphatic carbocycles. The highest BCUT2D eigenvalue weighted by atomic mass is 35.5. The summed E-state index contributed by atoms with van der Waals surface area (Å²) in [6.45, 7) is 5.29. The van der Waals surface area contributed by atoms with Crippen molar-refractivity contribution in [2.75, 3.05) is 38.0 Å². The molecule has 2 heterocycles. The molecule has 2 aliphatic rings. The van der Waals surface area contributed by atoms with Crippen LogP contribution in [0, 0.1) is 0 Å². The minimum atomic E-state index is 0. The molecule has 0 aromatic heterocycles. The number of carbonyl (C=O) groups is 2. The monoisotopic (exact) mass is 337 g/mol. The van der Waals surface area contributed by atoms with Crippen molar-refractivity contribution < 1.29 is 9.59 Å². The van der Waals surface area contributed by atoms with Crippen molar-refractivity contribution >= 4 is 29.9 Å². The second-order valence-electron chi connectivity index (χ2n) is 6.01. The molecule has 0 atom stereocenters. The van der Waals surface area contributed by atoms with Crippen molar-refractivity contribution in [1.82, 2.24) is 9.80 Å². The Balaban J connectivity index is 0.00000192. The lowest BCUT2D eigenvalue weighted by atomic mass is 9.97. The Hall–Kier alpha value is -1.75. The second-order valence-corrected chi connectivity index (χ2v) is 6.01. The zero-order valence-corrected chi connectivity index (χ0v) is 14.3. The molecule has 5 nitrogen and oxygen atoms in total. The lowest BCUT2D eigenvalue weighted by Crippen LogP contribution is -2.37. The van der Waals surface area contributed by atoms with Gasteiger partial charge in [0.2, 0.25) is 5.91 Å². The van der Waals surface area contributed by atoms with Gasteiger partial charge in [-0.05, 0) is 37.0 Å². The summed E-state index contributed by atoms with van der Waals surface area (Å²) in [4.78, 5) is 28.1. The molecular weight excluding hydrogens is 314 g/mol. The number of rotatable bonds is 1. The van der Waals surface area contributed by atoms with Gasteiger partial charge in [-0.2, -0.15) is 0 Å². The Morgan fingerprint density at radius 2 is 1.78 bits per heavy atom. The van der Waals surface area contributed by atoms with Gasteiger partial charge in [-0.3, -0.25) is 9.59 Å². The highest BCUT2D eigenvalue weighted by molar-refractivity contribution is 5.97. The van der Waals surface area contributed by atoms with E-state index >= 15 is 0 Å². The number of fused-ring (bicyclic) bond motifs is 1. The van der Waals surface area contributed by atoms with Gasteiger partial charge in [0.05, 0.1) is 0 Å². The number of hydrogen-bond donors (Lipinski definition) is 1. The number of nitrogens with one attached hydrogen (secondary N) is 1. The molecule has 0 saturated carbocycles. The topological polar surface area (TPSA) is 52.7 Å². The summed E-state index contributed by atoms with van der Waals surface area (Å²) in [7, 11) is 0. The number of hydrogen-bond acceptors (Lipinski definition) is 3. The maximum Gasteiger partial charge on any atom is 0.254 e. The van der Waals surface area contributed by atoms with E-state index in [0.717, 1.165) is 55.7 Å². The molecule has 1 aromatic carbocycles. The standard InChI is InChI=1S/C17H23N3O2.ClH/c1-13(21)19-9-4-10-20(12-11-19)17(22)15-5-2-7-16-14(15)6-3-8-18-16;/h2,5,7,18H,3-4,6,8-12H2,1H3;1H. The quantitative estimate of drug-likeness (QED) is 0.854. The molecule has 0 radical (unpaired) electrons. The molecule has 0 spiro atoms. The van der Waals surface area contributed by atoms with Gasteiger partial charge in [0.1, 0.15) is 0 Å². The molecule has 2 amide bonds. The van der Waals surface area contributed by atoms with Crippen molar-refractivity contribution in [2.24, 2.45) is 0 Å². The van der Waals surface area contributed by atoms with Crippen LogP contribution in [0.5, 0.6) is 0 Å². The number of carbonyl (C=O) groups excluding carboxylic acids is 2. The van der Waals surface area contributed by atoms with Crippen LogP contribution in [-0.4, -0.2) is 54.3 Å². The molecular formula is C17H24ClN3O2. The number of amides is 2. The van der Waals surface area contributed by atoms with Crippen LogP contribution >= 0.6 is 12.4 Å². The average molecular weight is 338 g/mol. The van der Waals surface area contributed by atoms with Crippen LogP contribution in [0.3, 0.4) is 0 Å². The van der Waals surface area contributed by atoms with E-state index in [1.54, 1.807) is 6.92 Å². The molecule has 23 heavy (non-hydrogen) atoms. The van der Waals surface area contributed by atoms with E-state index in [-0.39, 0.29) is 24.2 Å².